The van der Waals surface area contributed by atoms with Gasteiger partial charge in [0.15, 0.2) is 5.65 Å². The van der Waals surface area contributed by atoms with Crippen molar-refractivity contribution in [3.05, 3.63) is 78.2 Å². The van der Waals surface area contributed by atoms with Gasteiger partial charge in [0.25, 0.3) is 5.91 Å². The summed E-state index contributed by atoms with van der Waals surface area (Å²) < 4.78 is 15.0. The van der Waals surface area contributed by atoms with Crippen LogP contribution in [0.1, 0.15) is 47.6 Å². The Balaban J connectivity index is 1.32. The third kappa shape index (κ3) is 5.04. The summed E-state index contributed by atoms with van der Waals surface area (Å²) in [6.45, 7) is 1.45. The van der Waals surface area contributed by atoms with Crippen LogP contribution in [0.25, 0.3) is 27.9 Å². The molecule has 0 aliphatic heterocycles. The largest absolute Gasteiger partial charge is 0.384 e. The summed E-state index contributed by atoms with van der Waals surface area (Å²) in [6.07, 6.45) is 9.64. The Kier molecular flexibility index (Phi) is 7.32. The van der Waals surface area contributed by atoms with Crippen molar-refractivity contribution in [2.24, 2.45) is 5.92 Å². The number of aromatic nitrogens is 5. The van der Waals surface area contributed by atoms with E-state index in [1.807, 2.05) is 37.5 Å². The van der Waals surface area contributed by atoms with E-state index in [0.717, 1.165) is 60.4 Å². The molecule has 2 aliphatic carbocycles. The number of methoxy groups -OCH3 is 2. The van der Waals surface area contributed by atoms with E-state index in [1.165, 1.54) is 5.56 Å². The zero-order chi connectivity index (χ0) is 29.5. The lowest BCUT2D eigenvalue weighted by Crippen LogP contribution is -2.51. The fraction of sp³-hybridized carbons (Fsp3) is 0.394. The SMILES string of the molecule is COCC1CC(n2cc(-c3cc(N(C)Cc4ccccc4)n4ncc(C(=O)N[C@H]5CC[C@@H]5OC)c4n3)c3cccnc32)C1. The molecule has 4 aromatic heterocycles. The number of carbonyl (C=O) groups is 1. The number of nitrogens with zero attached hydrogens (tertiary/aromatic N) is 6. The second-order valence-electron chi connectivity index (χ2n) is 11.8. The number of carbonyl (C=O) groups excluding carboxylic acids is 1. The molecular weight excluding hydrogens is 542 g/mol. The van der Waals surface area contributed by atoms with E-state index in [4.69, 9.17) is 19.4 Å². The number of hydrogen-bond acceptors (Lipinski definition) is 7. The lowest BCUT2D eigenvalue weighted by atomic mass is 9.80. The highest BCUT2D eigenvalue weighted by molar-refractivity contribution is 6.01. The number of fused-ring (bicyclic) bond motifs is 2. The summed E-state index contributed by atoms with van der Waals surface area (Å²) in [5.74, 6) is 1.22. The molecule has 4 heterocycles. The third-order valence-electron chi connectivity index (χ3n) is 9.05. The molecule has 2 fully saturated rings. The fourth-order valence-electron chi connectivity index (χ4n) is 6.48. The first kappa shape index (κ1) is 27.5. The Morgan fingerprint density at radius 2 is 1.93 bits per heavy atom. The highest BCUT2D eigenvalue weighted by Crippen LogP contribution is 2.42. The van der Waals surface area contributed by atoms with E-state index in [0.29, 0.717) is 29.7 Å². The smallest absolute Gasteiger partial charge is 0.257 e. The number of rotatable bonds is 10. The van der Waals surface area contributed by atoms with E-state index in [1.54, 1.807) is 24.9 Å². The van der Waals surface area contributed by atoms with Crippen molar-refractivity contribution in [2.45, 2.75) is 50.4 Å². The molecule has 0 spiro atoms. The van der Waals surface area contributed by atoms with Crippen LogP contribution in [-0.2, 0) is 16.0 Å². The van der Waals surface area contributed by atoms with Crippen LogP contribution in [0.15, 0.2) is 67.1 Å². The van der Waals surface area contributed by atoms with Crippen molar-refractivity contribution in [3.8, 4) is 11.3 Å². The van der Waals surface area contributed by atoms with Crippen LogP contribution in [0.2, 0.25) is 0 Å². The molecule has 5 aromatic rings. The van der Waals surface area contributed by atoms with Crippen LogP contribution in [0.5, 0.6) is 0 Å². The molecule has 2 saturated carbocycles. The van der Waals surface area contributed by atoms with E-state index in [2.05, 4.69) is 50.3 Å². The van der Waals surface area contributed by atoms with Gasteiger partial charge in [-0.2, -0.15) is 9.61 Å². The first-order valence-corrected chi connectivity index (χ1v) is 15.0. The predicted molar refractivity (Wildman–Crippen MR) is 165 cm³/mol. The first-order valence-electron chi connectivity index (χ1n) is 15.0. The minimum atomic E-state index is -0.189. The van der Waals surface area contributed by atoms with Crippen molar-refractivity contribution in [2.75, 3.05) is 32.8 Å². The molecule has 0 unspecified atom stereocenters. The minimum Gasteiger partial charge on any atom is -0.384 e. The molecule has 43 heavy (non-hydrogen) atoms. The van der Waals surface area contributed by atoms with Crippen LogP contribution >= 0.6 is 0 Å². The number of hydrogen-bond donors (Lipinski definition) is 1. The maximum absolute atomic E-state index is 13.5. The van der Waals surface area contributed by atoms with Gasteiger partial charge in [0.2, 0.25) is 0 Å². The Bertz CT molecular complexity index is 1760. The summed E-state index contributed by atoms with van der Waals surface area (Å²) in [6, 6.07) is 16.8. The molecule has 2 aliphatic rings. The third-order valence-corrected chi connectivity index (χ3v) is 9.05. The Labute approximate surface area is 250 Å². The van der Waals surface area contributed by atoms with Gasteiger partial charge >= 0.3 is 0 Å². The van der Waals surface area contributed by atoms with Gasteiger partial charge in [-0.3, -0.25) is 4.79 Å². The van der Waals surface area contributed by atoms with Gasteiger partial charge in [0.05, 0.1) is 24.0 Å². The molecule has 0 saturated heterocycles. The van der Waals surface area contributed by atoms with Crippen LogP contribution in [0.4, 0.5) is 5.82 Å². The Morgan fingerprint density at radius 3 is 2.67 bits per heavy atom. The van der Waals surface area contributed by atoms with E-state index >= 15 is 0 Å². The minimum absolute atomic E-state index is 0.00989. The molecule has 1 aromatic carbocycles. The van der Waals surface area contributed by atoms with Crippen molar-refractivity contribution >= 4 is 28.4 Å². The monoisotopic (exact) mass is 579 g/mol. The molecular formula is C33H37N7O3. The molecule has 1 N–H and O–H groups in total. The number of anilines is 1. The molecule has 222 valence electrons. The van der Waals surface area contributed by atoms with Crippen molar-refractivity contribution < 1.29 is 14.3 Å². The number of amides is 1. The number of benzene rings is 1. The van der Waals surface area contributed by atoms with Crippen molar-refractivity contribution in [1.29, 1.82) is 0 Å². The topological polar surface area (TPSA) is 98.8 Å². The highest BCUT2D eigenvalue weighted by atomic mass is 16.5. The second-order valence-corrected chi connectivity index (χ2v) is 11.8. The van der Waals surface area contributed by atoms with Crippen LogP contribution in [0, 0.1) is 5.92 Å². The maximum atomic E-state index is 13.5. The molecule has 1 amide bonds. The average Bonchev–Trinajstić information content (AvgIpc) is 3.59. The average molecular weight is 580 g/mol. The molecule has 10 nitrogen and oxygen atoms in total. The molecule has 2 atom stereocenters. The van der Waals surface area contributed by atoms with Gasteiger partial charge in [-0.25, -0.2) is 9.97 Å². The summed E-state index contributed by atoms with van der Waals surface area (Å²) in [4.78, 5) is 25.6. The molecule has 0 bridgehead atoms. The summed E-state index contributed by atoms with van der Waals surface area (Å²) in [5.41, 5.74) is 4.85. The first-order chi connectivity index (χ1) is 21.0. The van der Waals surface area contributed by atoms with Gasteiger partial charge < -0.3 is 24.3 Å². The highest BCUT2D eigenvalue weighted by Gasteiger charge is 2.34. The Morgan fingerprint density at radius 1 is 1.09 bits per heavy atom. The van der Waals surface area contributed by atoms with Gasteiger partial charge in [-0.05, 0) is 49.3 Å². The van der Waals surface area contributed by atoms with E-state index in [-0.39, 0.29) is 18.1 Å². The predicted octanol–water partition coefficient (Wildman–Crippen LogP) is 4.89. The van der Waals surface area contributed by atoms with E-state index in [9.17, 15) is 4.79 Å². The lowest BCUT2D eigenvalue weighted by Gasteiger charge is -2.36. The zero-order valence-electron chi connectivity index (χ0n) is 24.8. The quantitative estimate of drug-likeness (QED) is 0.252. The van der Waals surface area contributed by atoms with Crippen molar-refractivity contribution in [3.63, 3.8) is 0 Å². The van der Waals surface area contributed by atoms with Gasteiger partial charge in [0, 0.05) is 69.9 Å². The normalized spacial score (nSPS) is 21.5. The zero-order valence-corrected chi connectivity index (χ0v) is 24.8. The van der Waals surface area contributed by atoms with Crippen molar-refractivity contribution in [1.82, 2.24) is 29.5 Å². The molecule has 7 rings (SSSR count). The van der Waals surface area contributed by atoms with Crippen LogP contribution in [0.3, 0.4) is 0 Å². The number of pyridine rings is 1. The maximum Gasteiger partial charge on any atom is 0.257 e. The van der Waals surface area contributed by atoms with Gasteiger partial charge in [-0.15, -0.1) is 0 Å². The van der Waals surface area contributed by atoms with Crippen LogP contribution in [-0.4, -0.2) is 70.1 Å². The number of ether oxygens (including phenoxy) is 2. The summed E-state index contributed by atoms with van der Waals surface area (Å²) in [7, 11) is 5.49. The number of nitrogens with one attached hydrogen (secondary N) is 1. The molecule has 0 radical (unpaired) electrons. The van der Waals surface area contributed by atoms with Gasteiger partial charge in [0.1, 0.15) is 17.0 Å². The summed E-state index contributed by atoms with van der Waals surface area (Å²) >= 11 is 0. The van der Waals surface area contributed by atoms with E-state index < -0.39 is 0 Å². The van der Waals surface area contributed by atoms with Crippen LogP contribution < -0.4 is 10.2 Å². The Hall–Kier alpha value is -4.28. The summed E-state index contributed by atoms with van der Waals surface area (Å²) in [5, 5.41) is 8.84. The van der Waals surface area contributed by atoms with Gasteiger partial charge in [-0.1, -0.05) is 30.3 Å². The standard InChI is InChI=1S/C33H37N7O3/c1-38(18-21-8-5-4-6-9-21)30-16-28(36-32-25(17-35-40(30)32)33(41)37-27-11-12-29(27)43-3)26-19-39(23-14-22(15-23)20-42-2)31-24(26)10-7-13-34-31/h4-10,13,16-17,19,22-23,27,29H,11-12,14-15,18,20H2,1-3H3,(H,37,41)/t22?,23?,27-,29-/m0/s1. The fourth-order valence-corrected chi connectivity index (χ4v) is 6.48. The molecule has 10 heteroatoms. The lowest BCUT2D eigenvalue weighted by molar-refractivity contribution is 0.00732. The second kappa shape index (κ2) is 11.4.